The Morgan fingerprint density at radius 2 is 1.86 bits per heavy atom. The van der Waals surface area contributed by atoms with E-state index in [2.05, 4.69) is 43.5 Å². The highest BCUT2D eigenvalue weighted by Gasteiger charge is 2.18. The van der Waals surface area contributed by atoms with E-state index in [0.717, 1.165) is 11.4 Å². The van der Waals surface area contributed by atoms with Crippen LogP contribution in [0.3, 0.4) is 0 Å². The van der Waals surface area contributed by atoms with Crippen LogP contribution in [0.5, 0.6) is 5.75 Å². The van der Waals surface area contributed by atoms with Gasteiger partial charge in [-0.3, -0.25) is 0 Å². The molecule has 0 radical (unpaired) electrons. The van der Waals surface area contributed by atoms with E-state index >= 15 is 0 Å². The van der Waals surface area contributed by atoms with Crippen LogP contribution in [0.25, 0.3) is 0 Å². The third-order valence-corrected chi connectivity index (χ3v) is 4.47. The Bertz CT molecular complexity index is 516. The summed E-state index contributed by atoms with van der Waals surface area (Å²) in [5.41, 5.74) is 2.29. The van der Waals surface area contributed by atoms with E-state index < -0.39 is 0 Å². The van der Waals surface area contributed by atoms with Crippen LogP contribution in [0.2, 0.25) is 0 Å². The minimum absolute atomic E-state index is 0.0983. The fraction of sp³-hybridized carbons (Fsp3) is 0.611. The molecular weight excluding hydrogens is 292 g/mol. The molecule has 2 N–H and O–H groups in total. The first-order valence-corrected chi connectivity index (χ1v) is 8.57. The SMILES string of the molecule is COc1ccc(C(C)(C)C)cc1NC(=S)NC1CCCCC1. The van der Waals surface area contributed by atoms with Crippen molar-refractivity contribution in [2.75, 3.05) is 12.4 Å². The zero-order valence-electron chi connectivity index (χ0n) is 14.2. The second kappa shape index (κ2) is 7.32. The molecule has 122 valence electrons. The van der Waals surface area contributed by atoms with E-state index in [4.69, 9.17) is 17.0 Å². The third-order valence-electron chi connectivity index (χ3n) is 4.25. The molecule has 0 bridgehead atoms. The van der Waals surface area contributed by atoms with Crippen molar-refractivity contribution in [3.05, 3.63) is 23.8 Å². The van der Waals surface area contributed by atoms with Crippen molar-refractivity contribution in [1.82, 2.24) is 5.32 Å². The van der Waals surface area contributed by atoms with E-state index in [1.807, 2.05) is 6.07 Å². The Morgan fingerprint density at radius 1 is 1.18 bits per heavy atom. The van der Waals surface area contributed by atoms with E-state index in [0.29, 0.717) is 11.2 Å². The lowest BCUT2D eigenvalue weighted by Gasteiger charge is -2.25. The quantitative estimate of drug-likeness (QED) is 0.797. The normalized spacial score (nSPS) is 16.2. The predicted molar refractivity (Wildman–Crippen MR) is 97.9 cm³/mol. The van der Waals surface area contributed by atoms with Crippen LogP contribution >= 0.6 is 12.2 Å². The molecule has 0 unspecified atom stereocenters. The van der Waals surface area contributed by atoms with Crippen LogP contribution in [-0.4, -0.2) is 18.3 Å². The van der Waals surface area contributed by atoms with Crippen LogP contribution in [0.4, 0.5) is 5.69 Å². The molecular formula is C18H28N2OS. The van der Waals surface area contributed by atoms with Gasteiger partial charge in [-0.1, -0.05) is 46.1 Å². The van der Waals surface area contributed by atoms with Crippen molar-refractivity contribution in [1.29, 1.82) is 0 Å². The number of anilines is 1. The zero-order chi connectivity index (χ0) is 16.2. The Labute approximate surface area is 139 Å². The number of ether oxygens (including phenoxy) is 1. The highest BCUT2D eigenvalue weighted by Crippen LogP contribution is 2.31. The molecule has 1 fully saturated rings. The summed E-state index contributed by atoms with van der Waals surface area (Å²) in [5, 5.41) is 7.45. The summed E-state index contributed by atoms with van der Waals surface area (Å²) in [7, 11) is 1.69. The average molecular weight is 321 g/mol. The molecule has 1 aromatic rings. The molecule has 0 heterocycles. The summed E-state index contributed by atoms with van der Waals surface area (Å²) in [4.78, 5) is 0. The van der Waals surface area contributed by atoms with Crippen molar-refractivity contribution in [2.45, 2.75) is 64.3 Å². The summed E-state index contributed by atoms with van der Waals surface area (Å²) >= 11 is 5.48. The van der Waals surface area contributed by atoms with Gasteiger partial charge in [-0.25, -0.2) is 0 Å². The van der Waals surface area contributed by atoms with Crippen LogP contribution in [0, 0.1) is 0 Å². The predicted octanol–water partition coefficient (Wildman–Crippen LogP) is 4.61. The van der Waals surface area contributed by atoms with Crippen molar-refractivity contribution >= 4 is 23.0 Å². The van der Waals surface area contributed by atoms with Gasteiger partial charge in [-0.15, -0.1) is 0 Å². The molecule has 2 rings (SSSR count). The second-order valence-electron chi connectivity index (χ2n) is 7.10. The van der Waals surface area contributed by atoms with Crippen LogP contribution < -0.4 is 15.4 Å². The fourth-order valence-corrected chi connectivity index (χ4v) is 3.14. The Morgan fingerprint density at radius 3 is 2.45 bits per heavy atom. The van der Waals surface area contributed by atoms with Gasteiger partial charge in [0.25, 0.3) is 0 Å². The highest BCUT2D eigenvalue weighted by molar-refractivity contribution is 7.80. The first-order chi connectivity index (χ1) is 10.4. The number of rotatable bonds is 3. The smallest absolute Gasteiger partial charge is 0.171 e. The molecule has 22 heavy (non-hydrogen) atoms. The van der Waals surface area contributed by atoms with Gasteiger partial charge in [-0.2, -0.15) is 0 Å². The van der Waals surface area contributed by atoms with Crippen LogP contribution in [-0.2, 0) is 5.41 Å². The lowest BCUT2D eigenvalue weighted by atomic mass is 9.87. The topological polar surface area (TPSA) is 33.3 Å². The zero-order valence-corrected chi connectivity index (χ0v) is 15.0. The lowest BCUT2D eigenvalue weighted by Crippen LogP contribution is -2.38. The second-order valence-corrected chi connectivity index (χ2v) is 7.51. The fourth-order valence-electron chi connectivity index (χ4n) is 2.86. The van der Waals surface area contributed by atoms with Crippen molar-refractivity contribution in [3.63, 3.8) is 0 Å². The molecule has 4 heteroatoms. The number of hydrogen-bond donors (Lipinski definition) is 2. The van der Waals surface area contributed by atoms with Crippen molar-refractivity contribution < 1.29 is 4.74 Å². The molecule has 1 aliphatic carbocycles. The Hall–Kier alpha value is -1.29. The van der Waals surface area contributed by atoms with Gasteiger partial charge in [-0.05, 0) is 48.2 Å². The molecule has 0 spiro atoms. The Balaban J connectivity index is 2.07. The van der Waals surface area contributed by atoms with Gasteiger partial charge in [0.2, 0.25) is 0 Å². The summed E-state index contributed by atoms with van der Waals surface area (Å²) in [6.07, 6.45) is 6.36. The average Bonchev–Trinajstić information content (AvgIpc) is 2.47. The lowest BCUT2D eigenvalue weighted by molar-refractivity contribution is 0.413. The van der Waals surface area contributed by atoms with Crippen molar-refractivity contribution in [3.8, 4) is 5.75 Å². The van der Waals surface area contributed by atoms with Gasteiger partial charge in [0.1, 0.15) is 5.75 Å². The largest absolute Gasteiger partial charge is 0.495 e. The first-order valence-electron chi connectivity index (χ1n) is 8.16. The molecule has 0 saturated heterocycles. The molecule has 1 aliphatic rings. The van der Waals surface area contributed by atoms with Crippen LogP contribution in [0.15, 0.2) is 18.2 Å². The first kappa shape index (κ1) is 17.1. The minimum atomic E-state index is 0.0983. The molecule has 3 nitrogen and oxygen atoms in total. The number of benzene rings is 1. The van der Waals surface area contributed by atoms with Gasteiger partial charge in [0.15, 0.2) is 5.11 Å². The van der Waals surface area contributed by atoms with E-state index in [-0.39, 0.29) is 5.41 Å². The minimum Gasteiger partial charge on any atom is -0.495 e. The van der Waals surface area contributed by atoms with E-state index in [1.54, 1.807) is 7.11 Å². The molecule has 0 aromatic heterocycles. The van der Waals surface area contributed by atoms with Gasteiger partial charge in [0.05, 0.1) is 12.8 Å². The summed E-state index contributed by atoms with van der Waals surface area (Å²) in [5.74, 6) is 0.820. The molecule has 1 saturated carbocycles. The highest BCUT2D eigenvalue weighted by atomic mass is 32.1. The standard InChI is InChI=1S/C18H28N2OS/c1-18(2,3)13-10-11-16(21-4)15(12-13)20-17(22)19-14-8-6-5-7-9-14/h10-12,14H,5-9H2,1-4H3,(H2,19,20,22). The maximum Gasteiger partial charge on any atom is 0.171 e. The molecule has 0 amide bonds. The summed E-state index contributed by atoms with van der Waals surface area (Å²) in [6.45, 7) is 6.62. The third kappa shape index (κ3) is 4.60. The van der Waals surface area contributed by atoms with Crippen LogP contribution in [0.1, 0.15) is 58.4 Å². The van der Waals surface area contributed by atoms with Crippen molar-refractivity contribution in [2.24, 2.45) is 0 Å². The van der Waals surface area contributed by atoms with E-state index in [9.17, 15) is 0 Å². The number of nitrogens with one attached hydrogen (secondary N) is 2. The van der Waals surface area contributed by atoms with Gasteiger partial charge < -0.3 is 15.4 Å². The number of thiocarbonyl (C=S) groups is 1. The molecule has 0 aliphatic heterocycles. The maximum absolute atomic E-state index is 5.48. The number of hydrogen-bond acceptors (Lipinski definition) is 2. The molecule has 0 atom stereocenters. The van der Waals surface area contributed by atoms with Gasteiger partial charge in [0, 0.05) is 6.04 Å². The Kier molecular flexibility index (Phi) is 5.68. The summed E-state index contributed by atoms with van der Waals surface area (Å²) in [6, 6.07) is 6.76. The molecule has 1 aromatic carbocycles. The van der Waals surface area contributed by atoms with E-state index in [1.165, 1.54) is 37.7 Å². The maximum atomic E-state index is 5.48. The summed E-state index contributed by atoms with van der Waals surface area (Å²) < 4.78 is 5.45. The number of methoxy groups -OCH3 is 1. The van der Waals surface area contributed by atoms with Gasteiger partial charge >= 0.3 is 0 Å². The monoisotopic (exact) mass is 320 g/mol.